The van der Waals surface area contributed by atoms with Gasteiger partial charge in [-0.15, -0.1) is 0 Å². The van der Waals surface area contributed by atoms with Crippen molar-refractivity contribution in [2.75, 3.05) is 18.1 Å². The van der Waals surface area contributed by atoms with E-state index in [2.05, 4.69) is 5.10 Å². The molecule has 3 aromatic carbocycles. The molecule has 0 aliphatic carbocycles. The van der Waals surface area contributed by atoms with E-state index in [1.54, 1.807) is 22.1 Å². The van der Waals surface area contributed by atoms with Crippen molar-refractivity contribution in [3.05, 3.63) is 100 Å². The van der Waals surface area contributed by atoms with Gasteiger partial charge in [0, 0.05) is 29.0 Å². The van der Waals surface area contributed by atoms with Crippen molar-refractivity contribution in [2.24, 2.45) is 5.92 Å². The number of aromatic nitrogens is 2. The first-order valence-electron chi connectivity index (χ1n) is 16.3. The second kappa shape index (κ2) is 11.8. The summed E-state index contributed by atoms with van der Waals surface area (Å²) in [6.45, 7) is 6.43. The van der Waals surface area contributed by atoms with E-state index >= 15 is 0 Å². The summed E-state index contributed by atoms with van der Waals surface area (Å²) < 4.78 is 8.19. The number of rotatable bonds is 7. The minimum atomic E-state index is -2.93. The van der Waals surface area contributed by atoms with Gasteiger partial charge in [-0.2, -0.15) is 9.78 Å². The zero-order valence-electron chi connectivity index (χ0n) is 26.9. The maximum Gasteiger partial charge on any atom is 0.279 e. The van der Waals surface area contributed by atoms with Gasteiger partial charge in [0.25, 0.3) is 11.5 Å². The number of likely N-dealkylation sites (tertiary alicyclic amines) is 1. The zero-order chi connectivity index (χ0) is 33.1. The van der Waals surface area contributed by atoms with Crippen LogP contribution >= 0.6 is 0 Å². The molecule has 244 valence electrons. The fourth-order valence-electron chi connectivity index (χ4n) is 8.23. The molecule has 0 saturated carbocycles. The smallest absolute Gasteiger partial charge is 0.279 e. The molecule has 11 heteroatoms. The van der Waals surface area contributed by atoms with Crippen LogP contribution in [0.2, 0.25) is 18.6 Å². The van der Waals surface area contributed by atoms with E-state index in [0.717, 1.165) is 35.0 Å². The predicted molar refractivity (Wildman–Crippen MR) is 181 cm³/mol. The number of para-hydroxylation sites is 1. The Morgan fingerprint density at radius 1 is 1.04 bits per heavy atom. The summed E-state index contributed by atoms with van der Waals surface area (Å²) in [7, 11) is -2.93. The lowest BCUT2D eigenvalue weighted by atomic mass is 9.82. The number of nitrogens with zero attached hydrogens (tertiary/aromatic N) is 4. The van der Waals surface area contributed by atoms with Crippen LogP contribution in [0.1, 0.15) is 37.3 Å². The first-order chi connectivity index (χ1) is 22.5. The Labute approximate surface area is 274 Å². The fourth-order valence-corrected chi connectivity index (χ4v) is 10.8. The SMILES string of the molecule is C[C@@H]1[C@@H]([Si](C)(C)O)[C@H](CC(=O)N2CCC[C@H]2CO)O[C@@]12C(=O)N(Cc1ccc(-n3ncc4ccccc4c3=O)cc1)c1ccccc12. The Balaban J connectivity index is 1.19. The molecule has 7 rings (SSSR count). The first-order valence-corrected chi connectivity index (χ1v) is 19.4. The molecule has 5 atom stereocenters. The number of carbonyl (C=O) groups excluding carboxylic acids is 2. The molecule has 4 aromatic rings. The van der Waals surface area contributed by atoms with Gasteiger partial charge in [0.1, 0.15) is 0 Å². The van der Waals surface area contributed by atoms with E-state index in [9.17, 15) is 24.3 Å². The highest BCUT2D eigenvalue weighted by atomic mass is 28.4. The van der Waals surface area contributed by atoms with E-state index in [1.807, 2.05) is 86.7 Å². The largest absolute Gasteiger partial charge is 0.432 e. The van der Waals surface area contributed by atoms with Crippen LogP contribution < -0.4 is 10.5 Å². The number of aliphatic hydroxyl groups excluding tert-OH is 1. The van der Waals surface area contributed by atoms with Crippen LogP contribution in [0.25, 0.3) is 16.5 Å². The van der Waals surface area contributed by atoms with Crippen molar-refractivity contribution >= 4 is 36.6 Å². The van der Waals surface area contributed by atoms with Crippen molar-refractivity contribution in [3.8, 4) is 5.69 Å². The third-order valence-electron chi connectivity index (χ3n) is 10.4. The highest BCUT2D eigenvalue weighted by Gasteiger charge is 2.66. The van der Waals surface area contributed by atoms with Crippen molar-refractivity contribution in [2.45, 2.75) is 69.1 Å². The molecule has 2 N–H and O–H groups in total. The quantitative estimate of drug-likeness (QED) is 0.288. The average Bonchev–Trinajstić information content (AvgIpc) is 3.72. The number of fused-ring (bicyclic) bond motifs is 3. The van der Waals surface area contributed by atoms with Crippen LogP contribution in [-0.4, -0.2) is 70.0 Å². The van der Waals surface area contributed by atoms with Crippen LogP contribution in [0.3, 0.4) is 0 Å². The number of aliphatic hydroxyl groups is 1. The Bertz CT molecular complexity index is 1910. The minimum Gasteiger partial charge on any atom is -0.432 e. The molecule has 47 heavy (non-hydrogen) atoms. The lowest BCUT2D eigenvalue weighted by molar-refractivity contribution is -0.150. The molecule has 2 saturated heterocycles. The molecular weight excluding hydrogens is 613 g/mol. The molecule has 3 aliphatic rings. The molecule has 2 fully saturated rings. The van der Waals surface area contributed by atoms with E-state index in [1.165, 1.54) is 4.68 Å². The normalized spacial score (nSPS) is 25.7. The van der Waals surface area contributed by atoms with Gasteiger partial charge < -0.3 is 24.4 Å². The number of hydrogen-bond donors (Lipinski definition) is 2. The Morgan fingerprint density at radius 3 is 2.51 bits per heavy atom. The van der Waals surface area contributed by atoms with E-state index < -0.39 is 20.0 Å². The van der Waals surface area contributed by atoms with Crippen molar-refractivity contribution in [1.29, 1.82) is 0 Å². The fraction of sp³-hybridized carbons (Fsp3) is 0.389. The highest BCUT2D eigenvalue weighted by molar-refractivity contribution is 6.71. The molecule has 3 aliphatic heterocycles. The minimum absolute atomic E-state index is 0.0450. The van der Waals surface area contributed by atoms with E-state index in [-0.39, 0.29) is 54.4 Å². The summed E-state index contributed by atoms with van der Waals surface area (Å²) in [4.78, 5) is 56.4. The van der Waals surface area contributed by atoms with E-state index in [4.69, 9.17) is 4.74 Å². The summed E-state index contributed by atoms with van der Waals surface area (Å²) in [5, 5.41) is 15.6. The second-order valence-electron chi connectivity index (χ2n) is 13.7. The van der Waals surface area contributed by atoms with Crippen molar-refractivity contribution < 1.29 is 24.2 Å². The standard InChI is InChI=1S/C36H40N4O6Si/c1-23-33(47(2,3)45)31(19-32(42)38-18-8-10-27(38)22-41)46-36(23)29-12-6-7-13-30(29)39(35(36)44)21-24-14-16-26(17-15-24)40-34(43)28-11-5-4-9-25(28)20-37-40/h4-7,9,11-17,20,23,27,31,33,41,45H,8,10,18-19,21-22H2,1-3H3/t23-,27+,31+,33-,36+/m1/s1. The van der Waals surface area contributed by atoms with Crippen LogP contribution in [-0.2, 0) is 26.5 Å². The summed E-state index contributed by atoms with van der Waals surface area (Å²) in [5.74, 6) is -0.712. The third kappa shape index (κ3) is 5.12. The molecular formula is C36H40N4O6Si. The lowest BCUT2D eigenvalue weighted by Gasteiger charge is -2.32. The highest BCUT2D eigenvalue weighted by Crippen LogP contribution is 2.59. The molecule has 2 amide bonds. The Hall–Kier alpha value is -4.16. The van der Waals surface area contributed by atoms with Gasteiger partial charge in [0.05, 0.1) is 54.7 Å². The summed E-state index contributed by atoms with van der Waals surface area (Å²) in [6.07, 6.45) is 2.67. The molecule has 0 radical (unpaired) electrons. The lowest BCUT2D eigenvalue weighted by Crippen LogP contribution is -2.46. The predicted octanol–water partition coefficient (Wildman–Crippen LogP) is 4.10. The Morgan fingerprint density at radius 2 is 1.77 bits per heavy atom. The van der Waals surface area contributed by atoms with Gasteiger partial charge >= 0.3 is 0 Å². The van der Waals surface area contributed by atoms with Crippen LogP contribution in [0.5, 0.6) is 0 Å². The molecule has 1 aromatic heterocycles. The number of ether oxygens (including phenoxy) is 1. The third-order valence-corrected chi connectivity index (χ3v) is 12.9. The van der Waals surface area contributed by atoms with Gasteiger partial charge in [0.15, 0.2) is 13.9 Å². The second-order valence-corrected chi connectivity index (χ2v) is 17.6. The van der Waals surface area contributed by atoms with Gasteiger partial charge in [0.2, 0.25) is 5.91 Å². The average molecular weight is 653 g/mol. The molecule has 10 nitrogen and oxygen atoms in total. The molecule has 0 unspecified atom stereocenters. The number of benzene rings is 3. The number of carbonyl (C=O) groups is 2. The monoisotopic (exact) mass is 652 g/mol. The van der Waals surface area contributed by atoms with Gasteiger partial charge in [-0.25, -0.2) is 0 Å². The van der Waals surface area contributed by atoms with Crippen molar-refractivity contribution in [3.63, 3.8) is 0 Å². The van der Waals surface area contributed by atoms with Gasteiger partial charge in [-0.1, -0.05) is 55.5 Å². The van der Waals surface area contributed by atoms with Crippen LogP contribution in [0.15, 0.2) is 83.8 Å². The van der Waals surface area contributed by atoms with E-state index in [0.29, 0.717) is 17.6 Å². The molecule has 1 spiro atoms. The van der Waals surface area contributed by atoms with Crippen LogP contribution in [0.4, 0.5) is 5.69 Å². The van der Waals surface area contributed by atoms with Gasteiger partial charge in [-0.3, -0.25) is 14.4 Å². The number of anilines is 1. The maximum atomic E-state index is 14.7. The summed E-state index contributed by atoms with van der Waals surface area (Å²) in [5.41, 5.74) is 1.04. The maximum absolute atomic E-state index is 14.7. The molecule has 0 bridgehead atoms. The first kappa shape index (κ1) is 31.4. The van der Waals surface area contributed by atoms with Crippen molar-refractivity contribution in [1.82, 2.24) is 14.7 Å². The Kier molecular flexibility index (Phi) is 7.90. The summed E-state index contributed by atoms with van der Waals surface area (Å²) in [6, 6.07) is 22.2. The number of hydrogen-bond acceptors (Lipinski definition) is 7. The summed E-state index contributed by atoms with van der Waals surface area (Å²) >= 11 is 0. The van der Waals surface area contributed by atoms with Crippen LogP contribution in [0, 0.1) is 5.92 Å². The zero-order valence-corrected chi connectivity index (χ0v) is 27.9. The number of amides is 2. The topological polar surface area (TPSA) is 125 Å². The van der Waals surface area contributed by atoms with Gasteiger partial charge in [-0.05, 0) is 55.8 Å². The molecule has 4 heterocycles.